The summed E-state index contributed by atoms with van der Waals surface area (Å²) in [6.07, 6.45) is 5.38. The quantitative estimate of drug-likeness (QED) is 0.589. The third-order valence-electron chi connectivity index (χ3n) is 4.66. The van der Waals surface area contributed by atoms with E-state index in [1.807, 2.05) is 6.08 Å². The first kappa shape index (κ1) is 12.6. The number of hydrogen-bond acceptors (Lipinski definition) is 2. The van der Waals surface area contributed by atoms with Gasteiger partial charge in [-0.1, -0.05) is 25.2 Å². The Morgan fingerprint density at radius 1 is 1.53 bits per heavy atom. The molecule has 2 heteroatoms. The van der Waals surface area contributed by atoms with E-state index in [1.165, 1.54) is 12.0 Å². The molecular formula is C15H22O2. The zero-order chi connectivity index (χ0) is 12.6. The minimum atomic E-state index is -0.555. The lowest BCUT2D eigenvalue weighted by molar-refractivity contribution is -0.106. The first-order valence-electron chi connectivity index (χ1n) is 6.55. The standard InChI is InChI=1S/C15H22O2/c1-9(2)12-5-4-10(3)13-7-15(17)11(8-16)6-14(12)13/h6,8,10,12-15,17H,1,4-5,7H2,2-3H3/t10-,12+,13+,14+,15+/m1/s1. The summed E-state index contributed by atoms with van der Waals surface area (Å²) < 4.78 is 0. The largest absolute Gasteiger partial charge is 0.388 e. The van der Waals surface area contributed by atoms with Crippen LogP contribution in [0, 0.1) is 23.7 Å². The van der Waals surface area contributed by atoms with E-state index in [0.29, 0.717) is 29.2 Å². The minimum absolute atomic E-state index is 0.403. The van der Waals surface area contributed by atoms with Crippen LogP contribution in [0.5, 0.6) is 0 Å². The summed E-state index contributed by atoms with van der Waals surface area (Å²) in [5.41, 5.74) is 1.79. The van der Waals surface area contributed by atoms with Crippen molar-refractivity contribution in [3.8, 4) is 0 Å². The maximum Gasteiger partial charge on any atom is 0.148 e. The zero-order valence-electron chi connectivity index (χ0n) is 10.7. The van der Waals surface area contributed by atoms with E-state index in [9.17, 15) is 9.90 Å². The molecule has 0 amide bonds. The highest BCUT2D eigenvalue weighted by molar-refractivity contribution is 5.75. The van der Waals surface area contributed by atoms with E-state index in [2.05, 4.69) is 20.4 Å². The van der Waals surface area contributed by atoms with Gasteiger partial charge in [0.05, 0.1) is 6.10 Å². The molecule has 0 aliphatic heterocycles. The number of allylic oxidation sites excluding steroid dienone is 2. The molecule has 0 aromatic rings. The summed E-state index contributed by atoms with van der Waals surface area (Å²) in [4.78, 5) is 11.0. The van der Waals surface area contributed by atoms with Crippen LogP contribution in [0.3, 0.4) is 0 Å². The van der Waals surface area contributed by atoms with Crippen molar-refractivity contribution in [3.63, 3.8) is 0 Å². The van der Waals surface area contributed by atoms with Gasteiger partial charge in [0.15, 0.2) is 0 Å². The predicted octanol–water partition coefficient (Wildman–Crippen LogP) is 2.73. The molecule has 0 saturated heterocycles. The Hall–Kier alpha value is -0.890. The molecule has 2 rings (SSSR count). The second-order valence-corrected chi connectivity index (χ2v) is 5.78. The van der Waals surface area contributed by atoms with Crippen molar-refractivity contribution in [3.05, 3.63) is 23.8 Å². The summed E-state index contributed by atoms with van der Waals surface area (Å²) in [6, 6.07) is 0. The van der Waals surface area contributed by atoms with Crippen LogP contribution in [-0.4, -0.2) is 17.5 Å². The highest BCUT2D eigenvalue weighted by atomic mass is 16.3. The molecule has 2 nitrogen and oxygen atoms in total. The first-order valence-corrected chi connectivity index (χ1v) is 6.55. The van der Waals surface area contributed by atoms with Gasteiger partial charge in [0.2, 0.25) is 0 Å². The fourth-order valence-electron chi connectivity index (χ4n) is 3.58. The van der Waals surface area contributed by atoms with Gasteiger partial charge < -0.3 is 5.11 Å². The second kappa shape index (κ2) is 4.77. The molecule has 5 atom stereocenters. The molecule has 0 heterocycles. The van der Waals surface area contributed by atoms with Crippen molar-refractivity contribution in [2.75, 3.05) is 0 Å². The van der Waals surface area contributed by atoms with Gasteiger partial charge in [-0.05, 0) is 49.9 Å². The van der Waals surface area contributed by atoms with Gasteiger partial charge in [-0.15, -0.1) is 0 Å². The number of rotatable bonds is 2. The molecule has 1 fully saturated rings. The van der Waals surface area contributed by atoms with Gasteiger partial charge in [-0.2, -0.15) is 0 Å². The zero-order valence-corrected chi connectivity index (χ0v) is 10.7. The van der Waals surface area contributed by atoms with E-state index < -0.39 is 6.10 Å². The minimum Gasteiger partial charge on any atom is -0.388 e. The summed E-state index contributed by atoms with van der Waals surface area (Å²) in [6.45, 7) is 8.43. The van der Waals surface area contributed by atoms with Crippen molar-refractivity contribution < 1.29 is 9.90 Å². The Morgan fingerprint density at radius 3 is 2.82 bits per heavy atom. The molecule has 0 bridgehead atoms. The molecule has 1 N–H and O–H groups in total. The van der Waals surface area contributed by atoms with E-state index in [1.54, 1.807) is 0 Å². The Morgan fingerprint density at radius 2 is 2.24 bits per heavy atom. The SMILES string of the molecule is C=C(C)[C@@H]1CC[C@@H](C)[C@@H]2C[C@H](O)C(C=O)=C[C@H]21. The summed E-state index contributed by atoms with van der Waals surface area (Å²) in [7, 11) is 0. The number of aliphatic hydroxyl groups excluding tert-OH is 1. The van der Waals surface area contributed by atoms with Crippen LogP contribution in [0.2, 0.25) is 0 Å². The molecule has 94 valence electrons. The average molecular weight is 234 g/mol. The Kier molecular flexibility index (Phi) is 3.53. The summed E-state index contributed by atoms with van der Waals surface area (Å²) >= 11 is 0. The lowest BCUT2D eigenvalue weighted by Gasteiger charge is -2.44. The first-order chi connectivity index (χ1) is 8.04. The number of carbonyl (C=O) groups excluding carboxylic acids is 1. The molecule has 0 spiro atoms. The van der Waals surface area contributed by atoms with Gasteiger partial charge in [-0.25, -0.2) is 0 Å². The molecule has 0 radical (unpaired) electrons. The van der Waals surface area contributed by atoms with Crippen LogP contribution < -0.4 is 0 Å². The van der Waals surface area contributed by atoms with Crippen LogP contribution in [0.15, 0.2) is 23.8 Å². The fourth-order valence-corrected chi connectivity index (χ4v) is 3.58. The van der Waals surface area contributed by atoms with Crippen molar-refractivity contribution in [2.24, 2.45) is 23.7 Å². The highest BCUT2D eigenvalue weighted by Gasteiger charge is 2.40. The second-order valence-electron chi connectivity index (χ2n) is 5.78. The van der Waals surface area contributed by atoms with Crippen LogP contribution in [-0.2, 0) is 4.79 Å². The van der Waals surface area contributed by atoms with E-state index >= 15 is 0 Å². The van der Waals surface area contributed by atoms with Gasteiger partial charge in [0.25, 0.3) is 0 Å². The topological polar surface area (TPSA) is 37.3 Å². The van der Waals surface area contributed by atoms with Crippen LogP contribution in [0.4, 0.5) is 0 Å². The van der Waals surface area contributed by atoms with Crippen LogP contribution >= 0.6 is 0 Å². The lowest BCUT2D eigenvalue weighted by atomic mass is 9.61. The number of aldehydes is 1. The monoisotopic (exact) mass is 234 g/mol. The Balaban J connectivity index is 2.32. The normalized spacial score (nSPS) is 41.4. The molecule has 2 aliphatic rings. The van der Waals surface area contributed by atoms with Gasteiger partial charge in [0.1, 0.15) is 6.29 Å². The highest BCUT2D eigenvalue weighted by Crippen LogP contribution is 2.47. The van der Waals surface area contributed by atoms with E-state index in [4.69, 9.17) is 0 Å². The third kappa shape index (κ3) is 2.23. The maximum absolute atomic E-state index is 11.0. The summed E-state index contributed by atoms with van der Waals surface area (Å²) in [5.74, 6) is 2.03. The molecular weight excluding hydrogens is 212 g/mol. The molecule has 0 aromatic heterocycles. The number of carbonyl (C=O) groups is 1. The molecule has 2 aliphatic carbocycles. The molecule has 1 saturated carbocycles. The van der Waals surface area contributed by atoms with Crippen molar-refractivity contribution in [1.82, 2.24) is 0 Å². The van der Waals surface area contributed by atoms with Crippen molar-refractivity contribution in [2.45, 2.75) is 39.2 Å². The van der Waals surface area contributed by atoms with Crippen LogP contribution in [0.25, 0.3) is 0 Å². The van der Waals surface area contributed by atoms with E-state index in [0.717, 1.165) is 19.1 Å². The lowest BCUT2D eigenvalue weighted by Crippen LogP contribution is -2.39. The fraction of sp³-hybridized carbons (Fsp3) is 0.667. The molecule has 0 unspecified atom stereocenters. The Bertz CT molecular complexity index is 356. The average Bonchev–Trinajstić information content (AvgIpc) is 2.29. The van der Waals surface area contributed by atoms with E-state index in [-0.39, 0.29) is 0 Å². The van der Waals surface area contributed by atoms with Crippen molar-refractivity contribution >= 4 is 6.29 Å². The molecule has 0 aromatic carbocycles. The number of hydrogen-bond donors (Lipinski definition) is 1. The van der Waals surface area contributed by atoms with Crippen molar-refractivity contribution in [1.29, 1.82) is 0 Å². The number of fused-ring (bicyclic) bond motifs is 1. The van der Waals surface area contributed by atoms with Gasteiger partial charge in [-0.3, -0.25) is 4.79 Å². The predicted molar refractivity (Wildman–Crippen MR) is 68.5 cm³/mol. The van der Waals surface area contributed by atoms with Gasteiger partial charge >= 0.3 is 0 Å². The van der Waals surface area contributed by atoms with Gasteiger partial charge in [0, 0.05) is 5.57 Å². The third-order valence-corrected chi connectivity index (χ3v) is 4.66. The summed E-state index contributed by atoms with van der Waals surface area (Å²) in [5, 5.41) is 9.93. The van der Waals surface area contributed by atoms with Crippen LogP contribution in [0.1, 0.15) is 33.1 Å². The number of aliphatic hydroxyl groups is 1. The molecule has 17 heavy (non-hydrogen) atoms. The Labute approximate surface area is 103 Å². The maximum atomic E-state index is 11.0. The smallest absolute Gasteiger partial charge is 0.148 e.